The Labute approximate surface area is 157 Å². The minimum absolute atomic E-state index is 0.0306. The first-order valence-corrected chi connectivity index (χ1v) is 9.27. The van der Waals surface area contributed by atoms with Gasteiger partial charge in [0, 0.05) is 24.4 Å². The van der Waals surface area contributed by atoms with Crippen LogP contribution in [-0.2, 0) is 16.0 Å². The van der Waals surface area contributed by atoms with Crippen molar-refractivity contribution in [2.45, 2.75) is 39.0 Å². The molecule has 1 saturated carbocycles. The number of halogens is 1. The molecular formula is C20H24FN3O3. The number of anilines is 1. The minimum Gasteiger partial charge on any atom is -0.360 e. The second-order valence-electron chi connectivity index (χ2n) is 7.03. The molecule has 0 bridgehead atoms. The summed E-state index contributed by atoms with van der Waals surface area (Å²) in [5, 5.41) is 9.47. The van der Waals surface area contributed by atoms with E-state index in [0.717, 1.165) is 5.56 Å². The lowest BCUT2D eigenvalue weighted by Crippen LogP contribution is -2.36. The van der Waals surface area contributed by atoms with Gasteiger partial charge in [0.2, 0.25) is 11.8 Å². The van der Waals surface area contributed by atoms with Crippen LogP contribution in [0.15, 0.2) is 34.9 Å². The molecule has 0 aliphatic heterocycles. The summed E-state index contributed by atoms with van der Waals surface area (Å²) < 4.78 is 17.8. The molecule has 1 heterocycles. The number of carbonyl (C=O) groups excluding carboxylic acids is 2. The zero-order chi connectivity index (χ0) is 19.2. The highest BCUT2D eigenvalue weighted by Crippen LogP contribution is 2.29. The van der Waals surface area contributed by atoms with Gasteiger partial charge in [-0.2, -0.15) is 0 Å². The van der Waals surface area contributed by atoms with Crippen molar-refractivity contribution in [3.63, 3.8) is 0 Å². The van der Waals surface area contributed by atoms with E-state index in [4.69, 9.17) is 4.52 Å². The van der Waals surface area contributed by atoms with E-state index in [1.165, 1.54) is 12.1 Å². The molecule has 0 spiro atoms. The van der Waals surface area contributed by atoms with E-state index < -0.39 is 0 Å². The summed E-state index contributed by atoms with van der Waals surface area (Å²) in [6.45, 7) is 2.29. The van der Waals surface area contributed by atoms with E-state index in [-0.39, 0.29) is 29.5 Å². The fourth-order valence-electron chi connectivity index (χ4n) is 3.40. The van der Waals surface area contributed by atoms with Crippen molar-refractivity contribution < 1.29 is 18.5 Å². The number of rotatable bonds is 6. The highest BCUT2D eigenvalue weighted by atomic mass is 19.1. The molecule has 0 radical (unpaired) electrons. The Morgan fingerprint density at radius 1 is 1.11 bits per heavy atom. The minimum atomic E-state index is -0.262. The van der Waals surface area contributed by atoms with Gasteiger partial charge in [0.15, 0.2) is 5.82 Å². The molecule has 1 aliphatic carbocycles. The Hall–Kier alpha value is -2.70. The van der Waals surface area contributed by atoms with Gasteiger partial charge in [0.1, 0.15) is 11.6 Å². The largest absolute Gasteiger partial charge is 0.360 e. The number of benzene rings is 1. The third-order valence-corrected chi connectivity index (χ3v) is 4.97. The topological polar surface area (TPSA) is 84.2 Å². The Morgan fingerprint density at radius 2 is 1.74 bits per heavy atom. The fourth-order valence-corrected chi connectivity index (χ4v) is 3.40. The number of hydrogen-bond acceptors (Lipinski definition) is 4. The van der Waals surface area contributed by atoms with Gasteiger partial charge in [0.05, 0.1) is 0 Å². The summed E-state index contributed by atoms with van der Waals surface area (Å²) in [7, 11) is 0. The van der Waals surface area contributed by atoms with Gasteiger partial charge in [0.25, 0.3) is 0 Å². The van der Waals surface area contributed by atoms with Crippen LogP contribution in [-0.4, -0.2) is 23.5 Å². The van der Waals surface area contributed by atoms with Gasteiger partial charge in [-0.05, 0) is 56.7 Å². The zero-order valence-corrected chi connectivity index (χ0v) is 15.3. The molecule has 1 aromatic heterocycles. The van der Waals surface area contributed by atoms with Crippen molar-refractivity contribution >= 4 is 17.6 Å². The highest BCUT2D eigenvalue weighted by Gasteiger charge is 2.30. The molecule has 0 atom stereocenters. The van der Waals surface area contributed by atoms with Crippen LogP contribution in [0.3, 0.4) is 0 Å². The molecule has 1 aromatic carbocycles. The summed E-state index contributed by atoms with van der Waals surface area (Å²) in [5.74, 6) is 0.607. The second kappa shape index (κ2) is 8.79. The smallest absolute Gasteiger partial charge is 0.228 e. The SMILES string of the molecule is Cc1cc(NC(=O)C2CCC(C(=O)NCCc3ccc(F)cc3)CC2)no1. The van der Waals surface area contributed by atoms with Gasteiger partial charge >= 0.3 is 0 Å². The maximum atomic E-state index is 12.9. The van der Waals surface area contributed by atoms with Crippen LogP contribution in [0.5, 0.6) is 0 Å². The predicted octanol–water partition coefficient (Wildman–Crippen LogP) is 3.23. The first kappa shape index (κ1) is 19.1. The van der Waals surface area contributed by atoms with E-state index in [1.807, 2.05) is 0 Å². The zero-order valence-electron chi connectivity index (χ0n) is 15.3. The number of aryl methyl sites for hydroxylation is 1. The van der Waals surface area contributed by atoms with Crippen LogP contribution in [0.4, 0.5) is 10.2 Å². The average molecular weight is 373 g/mol. The number of nitrogens with zero attached hydrogens (tertiary/aromatic N) is 1. The van der Waals surface area contributed by atoms with Gasteiger partial charge < -0.3 is 15.2 Å². The molecule has 1 aliphatic rings. The number of hydrogen-bond donors (Lipinski definition) is 2. The number of amides is 2. The van der Waals surface area contributed by atoms with E-state index in [9.17, 15) is 14.0 Å². The number of carbonyl (C=O) groups is 2. The van der Waals surface area contributed by atoms with Crippen LogP contribution in [0.25, 0.3) is 0 Å². The van der Waals surface area contributed by atoms with E-state index >= 15 is 0 Å². The van der Waals surface area contributed by atoms with Crippen LogP contribution < -0.4 is 10.6 Å². The van der Waals surface area contributed by atoms with Gasteiger partial charge in [-0.15, -0.1) is 0 Å². The maximum absolute atomic E-state index is 12.9. The quantitative estimate of drug-likeness (QED) is 0.814. The van der Waals surface area contributed by atoms with Crippen molar-refractivity contribution in [3.05, 3.63) is 47.5 Å². The molecule has 0 unspecified atom stereocenters. The lowest BCUT2D eigenvalue weighted by atomic mass is 9.81. The molecule has 3 rings (SSSR count). The first-order chi connectivity index (χ1) is 13.0. The van der Waals surface area contributed by atoms with Gasteiger partial charge in [-0.1, -0.05) is 17.3 Å². The molecule has 2 amide bonds. The standard InChI is InChI=1S/C20H24FN3O3/c1-13-12-18(24-27-13)23-20(26)16-6-4-15(5-7-16)19(25)22-11-10-14-2-8-17(21)9-3-14/h2-3,8-9,12,15-16H,4-7,10-11H2,1H3,(H,22,25)(H,23,24,26). The van der Waals surface area contributed by atoms with Crippen molar-refractivity contribution in [2.75, 3.05) is 11.9 Å². The average Bonchev–Trinajstić information content (AvgIpc) is 3.08. The van der Waals surface area contributed by atoms with Crippen LogP contribution in [0, 0.1) is 24.6 Å². The van der Waals surface area contributed by atoms with Crippen molar-refractivity contribution in [2.24, 2.45) is 11.8 Å². The third-order valence-electron chi connectivity index (χ3n) is 4.97. The summed E-state index contributed by atoms with van der Waals surface area (Å²) >= 11 is 0. The van der Waals surface area contributed by atoms with Crippen molar-refractivity contribution in [1.29, 1.82) is 0 Å². The highest BCUT2D eigenvalue weighted by molar-refractivity contribution is 5.91. The summed E-state index contributed by atoms with van der Waals surface area (Å²) in [4.78, 5) is 24.6. The Balaban J connectivity index is 1.38. The van der Waals surface area contributed by atoms with Crippen molar-refractivity contribution in [1.82, 2.24) is 10.5 Å². The first-order valence-electron chi connectivity index (χ1n) is 9.27. The number of nitrogens with one attached hydrogen (secondary N) is 2. The van der Waals surface area contributed by atoms with E-state index in [0.29, 0.717) is 50.2 Å². The normalized spacial score (nSPS) is 19.5. The van der Waals surface area contributed by atoms with Gasteiger partial charge in [-0.25, -0.2) is 4.39 Å². The number of aromatic nitrogens is 1. The summed E-state index contributed by atoms with van der Waals surface area (Å²) in [6.07, 6.45) is 3.41. The molecule has 7 heteroatoms. The molecule has 27 heavy (non-hydrogen) atoms. The molecule has 2 aromatic rings. The molecule has 144 valence electrons. The summed E-state index contributed by atoms with van der Waals surface area (Å²) in [6, 6.07) is 7.97. The molecule has 6 nitrogen and oxygen atoms in total. The van der Waals surface area contributed by atoms with E-state index in [1.54, 1.807) is 25.1 Å². The lowest BCUT2D eigenvalue weighted by Gasteiger charge is -2.26. The van der Waals surface area contributed by atoms with Crippen LogP contribution in [0.2, 0.25) is 0 Å². The molecule has 1 fully saturated rings. The molecule has 2 N–H and O–H groups in total. The second-order valence-corrected chi connectivity index (χ2v) is 7.03. The van der Waals surface area contributed by atoms with Crippen LogP contribution in [0.1, 0.15) is 37.0 Å². The van der Waals surface area contributed by atoms with E-state index in [2.05, 4.69) is 15.8 Å². The van der Waals surface area contributed by atoms with Gasteiger partial charge in [-0.3, -0.25) is 9.59 Å². The lowest BCUT2D eigenvalue weighted by molar-refractivity contribution is -0.128. The Kier molecular flexibility index (Phi) is 6.21. The Bertz CT molecular complexity index is 780. The fraction of sp³-hybridized carbons (Fsp3) is 0.450. The maximum Gasteiger partial charge on any atom is 0.228 e. The molecular weight excluding hydrogens is 349 g/mol. The Morgan fingerprint density at radius 3 is 2.33 bits per heavy atom. The third kappa shape index (κ3) is 5.39. The van der Waals surface area contributed by atoms with Crippen molar-refractivity contribution in [3.8, 4) is 0 Å². The molecule has 0 saturated heterocycles. The monoisotopic (exact) mass is 373 g/mol. The summed E-state index contributed by atoms with van der Waals surface area (Å²) in [5.41, 5.74) is 0.986. The predicted molar refractivity (Wildman–Crippen MR) is 98.4 cm³/mol. The van der Waals surface area contributed by atoms with Crippen LogP contribution >= 0.6 is 0 Å².